The summed E-state index contributed by atoms with van der Waals surface area (Å²) in [6.07, 6.45) is -0.484. The zero-order chi connectivity index (χ0) is 12.1. The molecule has 4 heteroatoms. The van der Waals surface area contributed by atoms with Crippen LogP contribution in [0.25, 0.3) is 0 Å². The number of hydrogen-bond donors (Lipinski definition) is 1. The molecule has 88 valence electrons. The first-order valence-electron chi connectivity index (χ1n) is 5.21. The lowest BCUT2D eigenvalue weighted by molar-refractivity contribution is 0.113. The van der Waals surface area contributed by atoms with Gasteiger partial charge in [0.05, 0.1) is 12.1 Å². The molecule has 0 fully saturated rings. The molecule has 1 unspecified atom stereocenters. The van der Waals surface area contributed by atoms with Gasteiger partial charge in [-0.15, -0.1) is 0 Å². The second-order valence-corrected chi connectivity index (χ2v) is 4.79. The fourth-order valence-corrected chi connectivity index (χ4v) is 1.52. The van der Waals surface area contributed by atoms with Crippen LogP contribution in [0.3, 0.4) is 0 Å². The summed E-state index contributed by atoms with van der Waals surface area (Å²) in [5, 5.41) is 2.77. The van der Waals surface area contributed by atoms with Crippen molar-refractivity contribution in [1.82, 2.24) is 5.32 Å². The summed E-state index contributed by atoms with van der Waals surface area (Å²) in [4.78, 5) is 11.4. The number of amides is 1. The van der Waals surface area contributed by atoms with E-state index in [-0.39, 0.29) is 18.2 Å². The molecule has 0 heterocycles. The van der Waals surface area contributed by atoms with E-state index in [1.807, 2.05) is 45.0 Å². The summed E-state index contributed by atoms with van der Waals surface area (Å²) in [6, 6.07) is 7.76. The van der Waals surface area contributed by atoms with E-state index in [1.165, 1.54) is 0 Å². The molecule has 1 N–H and O–H groups in total. The van der Waals surface area contributed by atoms with Crippen molar-refractivity contribution < 1.29 is 9.53 Å². The summed E-state index contributed by atoms with van der Waals surface area (Å²) in [6.45, 7) is 5.57. The normalized spacial score (nSPS) is 12.3. The van der Waals surface area contributed by atoms with Gasteiger partial charge < -0.3 is 10.1 Å². The number of ether oxygens (including phenoxy) is 1. The molecule has 0 saturated carbocycles. The standard InChI is InChI=1S/C12H16BrNO2/c1-8(2)16-12(15)14-9(3)10-4-6-11(13)7-5-10/h4-9H,1-3H3,(H,14,15). The van der Waals surface area contributed by atoms with Crippen LogP contribution in [0.5, 0.6) is 0 Å². The van der Waals surface area contributed by atoms with Gasteiger partial charge in [0.1, 0.15) is 0 Å². The van der Waals surface area contributed by atoms with Crippen molar-refractivity contribution in [2.45, 2.75) is 32.9 Å². The van der Waals surface area contributed by atoms with Crippen molar-refractivity contribution in [3.05, 3.63) is 34.3 Å². The average molecular weight is 286 g/mol. The molecule has 0 aliphatic heterocycles. The lowest BCUT2D eigenvalue weighted by atomic mass is 10.1. The maximum absolute atomic E-state index is 11.4. The second-order valence-electron chi connectivity index (χ2n) is 3.87. The third-order valence-electron chi connectivity index (χ3n) is 2.05. The zero-order valence-electron chi connectivity index (χ0n) is 9.66. The molecule has 1 rings (SSSR count). The van der Waals surface area contributed by atoms with Crippen LogP contribution in [0, 0.1) is 0 Å². The van der Waals surface area contributed by atoms with E-state index in [9.17, 15) is 4.79 Å². The predicted octanol–water partition coefficient (Wildman–Crippen LogP) is 3.64. The van der Waals surface area contributed by atoms with Crippen molar-refractivity contribution in [1.29, 1.82) is 0 Å². The Bertz CT molecular complexity index is 349. The topological polar surface area (TPSA) is 38.3 Å². The van der Waals surface area contributed by atoms with Gasteiger partial charge in [0.25, 0.3) is 0 Å². The largest absolute Gasteiger partial charge is 0.447 e. The quantitative estimate of drug-likeness (QED) is 0.921. The van der Waals surface area contributed by atoms with Gasteiger partial charge in [-0.3, -0.25) is 0 Å². The maximum atomic E-state index is 11.4. The van der Waals surface area contributed by atoms with Gasteiger partial charge in [-0.1, -0.05) is 28.1 Å². The van der Waals surface area contributed by atoms with Crippen molar-refractivity contribution >= 4 is 22.0 Å². The summed E-state index contributed by atoms with van der Waals surface area (Å²) in [5.41, 5.74) is 1.05. The Kier molecular flexibility index (Phi) is 4.80. The molecule has 1 aromatic rings. The number of nitrogens with one attached hydrogen (secondary N) is 1. The summed E-state index contributed by atoms with van der Waals surface area (Å²) in [7, 11) is 0. The van der Waals surface area contributed by atoms with Gasteiger partial charge >= 0.3 is 6.09 Å². The number of halogens is 1. The highest BCUT2D eigenvalue weighted by molar-refractivity contribution is 9.10. The van der Waals surface area contributed by atoms with Crippen LogP contribution in [0.4, 0.5) is 4.79 Å². The van der Waals surface area contributed by atoms with Crippen LogP contribution in [0.15, 0.2) is 28.7 Å². The number of hydrogen-bond acceptors (Lipinski definition) is 2. The SMILES string of the molecule is CC(C)OC(=O)NC(C)c1ccc(Br)cc1. The van der Waals surface area contributed by atoms with Crippen LogP contribution < -0.4 is 5.32 Å². The van der Waals surface area contributed by atoms with E-state index >= 15 is 0 Å². The van der Waals surface area contributed by atoms with Gasteiger partial charge in [-0.25, -0.2) is 4.79 Å². The first kappa shape index (κ1) is 13.0. The van der Waals surface area contributed by atoms with Gasteiger partial charge in [0, 0.05) is 4.47 Å². The van der Waals surface area contributed by atoms with Gasteiger partial charge in [-0.05, 0) is 38.5 Å². The number of rotatable bonds is 3. The molecule has 3 nitrogen and oxygen atoms in total. The smallest absolute Gasteiger partial charge is 0.407 e. The minimum Gasteiger partial charge on any atom is -0.447 e. The molecule has 1 aromatic carbocycles. The molecule has 0 aliphatic carbocycles. The lowest BCUT2D eigenvalue weighted by Gasteiger charge is -2.15. The Morgan fingerprint density at radius 1 is 1.25 bits per heavy atom. The van der Waals surface area contributed by atoms with Crippen LogP contribution >= 0.6 is 15.9 Å². The van der Waals surface area contributed by atoms with Crippen LogP contribution in [0.1, 0.15) is 32.4 Å². The van der Waals surface area contributed by atoms with Crippen LogP contribution in [-0.2, 0) is 4.74 Å². The van der Waals surface area contributed by atoms with Crippen molar-refractivity contribution in [2.75, 3.05) is 0 Å². The number of alkyl carbamates (subject to hydrolysis) is 1. The lowest BCUT2D eigenvalue weighted by Crippen LogP contribution is -2.29. The molecule has 0 bridgehead atoms. The molecule has 1 atom stereocenters. The highest BCUT2D eigenvalue weighted by Crippen LogP contribution is 2.16. The summed E-state index contributed by atoms with van der Waals surface area (Å²) >= 11 is 3.37. The number of carbonyl (C=O) groups excluding carboxylic acids is 1. The third kappa shape index (κ3) is 4.23. The fourth-order valence-electron chi connectivity index (χ4n) is 1.26. The van der Waals surface area contributed by atoms with Crippen LogP contribution in [0.2, 0.25) is 0 Å². The Hall–Kier alpha value is -1.03. The maximum Gasteiger partial charge on any atom is 0.407 e. The average Bonchev–Trinajstić information content (AvgIpc) is 2.16. The molecule has 0 aliphatic rings. The first-order chi connectivity index (χ1) is 7.49. The van der Waals surface area contributed by atoms with Crippen molar-refractivity contribution in [3.8, 4) is 0 Å². The van der Waals surface area contributed by atoms with E-state index in [0.29, 0.717) is 0 Å². The highest BCUT2D eigenvalue weighted by Gasteiger charge is 2.11. The van der Waals surface area contributed by atoms with Crippen molar-refractivity contribution in [3.63, 3.8) is 0 Å². The van der Waals surface area contributed by atoms with E-state index in [1.54, 1.807) is 0 Å². The second kappa shape index (κ2) is 5.89. The van der Waals surface area contributed by atoms with E-state index in [0.717, 1.165) is 10.0 Å². The third-order valence-corrected chi connectivity index (χ3v) is 2.58. The zero-order valence-corrected chi connectivity index (χ0v) is 11.2. The molecular weight excluding hydrogens is 270 g/mol. The molecule has 1 amide bonds. The van der Waals surface area contributed by atoms with Crippen molar-refractivity contribution in [2.24, 2.45) is 0 Å². The Balaban J connectivity index is 2.55. The molecule has 0 saturated heterocycles. The minimum absolute atomic E-state index is 0.0562. The molecule has 0 radical (unpaired) electrons. The Morgan fingerprint density at radius 3 is 2.31 bits per heavy atom. The minimum atomic E-state index is -0.384. The molecule has 16 heavy (non-hydrogen) atoms. The van der Waals surface area contributed by atoms with Crippen LogP contribution in [-0.4, -0.2) is 12.2 Å². The fraction of sp³-hybridized carbons (Fsp3) is 0.417. The summed E-state index contributed by atoms with van der Waals surface area (Å²) < 4.78 is 6.03. The first-order valence-corrected chi connectivity index (χ1v) is 6.01. The number of carbonyl (C=O) groups is 1. The molecule has 0 spiro atoms. The molecular formula is C12H16BrNO2. The molecule has 0 aromatic heterocycles. The monoisotopic (exact) mass is 285 g/mol. The van der Waals surface area contributed by atoms with E-state index in [4.69, 9.17) is 4.74 Å². The number of benzene rings is 1. The van der Waals surface area contributed by atoms with E-state index in [2.05, 4.69) is 21.2 Å². The Morgan fingerprint density at radius 2 is 1.81 bits per heavy atom. The van der Waals surface area contributed by atoms with Gasteiger partial charge in [-0.2, -0.15) is 0 Å². The highest BCUT2D eigenvalue weighted by atomic mass is 79.9. The Labute approximate surface area is 104 Å². The van der Waals surface area contributed by atoms with Gasteiger partial charge in [0.2, 0.25) is 0 Å². The predicted molar refractivity (Wildman–Crippen MR) is 67.3 cm³/mol. The van der Waals surface area contributed by atoms with E-state index < -0.39 is 0 Å². The summed E-state index contributed by atoms with van der Waals surface area (Å²) in [5.74, 6) is 0. The van der Waals surface area contributed by atoms with Gasteiger partial charge in [0.15, 0.2) is 0 Å².